The summed E-state index contributed by atoms with van der Waals surface area (Å²) in [6.45, 7) is 5.37. The quantitative estimate of drug-likeness (QED) is 0.635. The van der Waals surface area contributed by atoms with E-state index in [4.69, 9.17) is 9.15 Å². The molecule has 6 heteroatoms. The Hall–Kier alpha value is -1.79. The van der Waals surface area contributed by atoms with E-state index in [2.05, 4.69) is 29.4 Å². The first-order valence-corrected chi connectivity index (χ1v) is 11.5. The van der Waals surface area contributed by atoms with Crippen LogP contribution in [0.25, 0.3) is 11.5 Å². The van der Waals surface area contributed by atoms with Crippen LogP contribution in [0.4, 0.5) is 4.79 Å². The molecule has 1 N–H and O–H groups in total. The molecule has 0 radical (unpaired) electrons. The van der Waals surface area contributed by atoms with E-state index in [0.29, 0.717) is 29.8 Å². The van der Waals surface area contributed by atoms with Gasteiger partial charge in [0.1, 0.15) is 11.5 Å². The van der Waals surface area contributed by atoms with Gasteiger partial charge in [-0.3, -0.25) is 4.79 Å². The van der Waals surface area contributed by atoms with E-state index < -0.39 is 0 Å². The molecule has 2 heterocycles. The van der Waals surface area contributed by atoms with Crippen molar-refractivity contribution in [3.8, 4) is 11.5 Å². The highest BCUT2D eigenvalue weighted by Crippen LogP contribution is 2.33. The molecule has 3 unspecified atom stereocenters. The summed E-state index contributed by atoms with van der Waals surface area (Å²) in [5.74, 6) is 2.20. The fourth-order valence-corrected chi connectivity index (χ4v) is 5.14. The zero-order valence-electron chi connectivity index (χ0n) is 17.3. The summed E-state index contributed by atoms with van der Waals surface area (Å²) in [5, 5.41) is 3.49. The number of rotatable bonds is 7. The molecule has 1 saturated heterocycles. The predicted molar refractivity (Wildman–Crippen MR) is 116 cm³/mol. The number of nitrogens with zero attached hydrogens (tertiary/aromatic N) is 1. The number of hydrogen-bond donors (Lipinski definition) is 1. The van der Waals surface area contributed by atoms with Gasteiger partial charge in [-0.2, -0.15) is 0 Å². The number of hydrogen-bond acceptors (Lipinski definition) is 5. The van der Waals surface area contributed by atoms with E-state index in [0.717, 1.165) is 42.8 Å². The minimum absolute atomic E-state index is 0.132. The van der Waals surface area contributed by atoms with Gasteiger partial charge in [-0.1, -0.05) is 42.3 Å². The van der Waals surface area contributed by atoms with Crippen molar-refractivity contribution in [2.45, 2.75) is 70.3 Å². The number of oxazole rings is 1. The van der Waals surface area contributed by atoms with Gasteiger partial charge in [-0.25, -0.2) is 4.98 Å². The van der Waals surface area contributed by atoms with Crippen LogP contribution in [0.5, 0.6) is 0 Å². The van der Waals surface area contributed by atoms with E-state index in [-0.39, 0.29) is 5.24 Å². The first-order chi connectivity index (χ1) is 14.1. The predicted octanol–water partition coefficient (Wildman–Crippen LogP) is 5.64. The van der Waals surface area contributed by atoms with Gasteiger partial charge < -0.3 is 14.5 Å². The number of carbonyl (C=O) groups is 1. The molecule has 156 valence electrons. The van der Waals surface area contributed by atoms with E-state index in [1.807, 2.05) is 19.1 Å². The summed E-state index contributed by atoms with van der Waals surface area (Å²) in [6, 6.07) is 8.23. The van der Waals surface area contributed by atoms with Crippen LogP contribution in [0.3, 0.4) is 0 Å². The Bertz CT molecular complexity index is 833. The molecule has 2 aromatic rings. The first kappa shape index (κ1) is 20.5. The number of aromatic nitrogens is 1. The highest BCUT2D eigenvalue weighted by atomic mass is 32.2. The van der Waals surface area contributed by atoms with Crippen LogP contribution in [0.2, 0.25) is 0 Å². The second kappa shape index (κ2) is 9.35. The van der Waals surface area contributed by atoms with Crippen molar-refractivity contribution in [1.29, 1.82) is 0 Å². The maximum atomic E-state index is 11.3. The fraction of sp³-hybridized carbons (Fsp3) is 0.565. The van der Waals surface area contributed by atoms with Crippen molar-refractivity contribution < 1.29 is 13.9 Å². The Kier molecular flexibility index (Phi) is 6.60. The van der Waals surface area contributed by atoms with Crippen molar-refractivity contribution in [3.63, 3.8) is 0 Å². The van der Waals surface area contributed by atoms with E-state index in [9.17, 15) is 4.79 Å². The van der Waals surface area contributed by atoms with Crippen LogP contribution in [0.15, 0.2) is 28.7 Å². The van der Waals surface area contributed by atoms with Gasteiger partial charge in [-0.15, -0.1) is 0 Å². The third-order valence-electron chi connectivity index (χ3n) is 6.03. The lowest BCUT2D eigenvalue weighted by Crippen LogP contribution is -2.24. The molecule has 5 nitrogen and oxygen atoms in total. The van der Waals surface area contributed by atoms with Gasteiger partial charge in [0.25, 0.3) is 5.24 Å². The Labute approximate surface area is 177 Å². The number of benzene rings is 1. The van der Waals surface area contributed by atoms with Gasteiger partial charge in [0, 0.05) is 17.4 Å². The van der Waals surface area contributed by atoms with Crippen LogP contribution in [0.1, 0.15) is 55.5 Å². The third kappa shape index (κ3) is 5.43. The molecule has 1 aliphatic heterocycles. The Morgan fingerprint density at radius 1 is 1.21 bits per heavy atom. The second-order valence-corrected chi connectivity index (χ2v) is 9.61. The summed E-state index contributed by atoms with van der Waals surface area (Å²) in [7, 11) is 0. The first-order valence-electron chi connectivity index (χ1n) is 10.7. The number of amides is 1. The Morgan fingerprint density at radius 3 is 2.79 bits per heavy atom. The smallest absolute Gasteiger partial charge is 0.279 e. The summed E-state index contributed by atoms with van der Waals surface area (Å²) >= 11 is 1.47. The van der Waals surface area contributed by atoms with E-state index in [1.165, 1.54) is 36.6 Å². The zero-order chi connectivity index (χ0) is 20.2. The van der Waals surface area contributed by atoms with Crippen LogP contribution >= 0.6 is 11.8 Å². The minimum Gasteiger partial charge on any atom is -0.441 e. The average molecular weight is 415 g/mol. The lowest BCUT2D eigenvalue weighted by atomic mass is 9.84. The van der Waals surface area contributed by atoms with Crippen molar-refractivity contribution in [1.82, 2.24) is 10.3 Å². The van der Waals surface area contributed by atoms with Gasteiger partial charge in [0.05, 0.1) is 12.7 Å². The van der Waals surface area contributed by atoms with Crippen molar-refractivity contribution >= 4 is 17.0 Å². The summed E-state index contributed by atoms with van der Waals surface area (Å²) in [4.78, 5) is 16.0. The molecule has 0 bridgehead atoms. The molecule has 0 spiro atoms. The number of thioether (sulfide) groups is 1. The maximum Gasteiger partial charge on any atom is 0.279 e. The van der Waals surface area contributed by atoms with E-state index in [1.54, 1.807) is 0 Å². The van der Waals surface area contributed by atoms with Crippen molar-refractivity contribution in [3.05, 3.63) is 41.3 Å². The molecule has 1 saturated carbocycles. The molecule has 3 atom stereocenters. The van der Waals surface area contributed by atoms with Gasteiger partial charge in [0.2, 0.25) is 5.89 Å². The molecular formula is C23H30N2O3S. The molecule has 1 aromatic heterocycles. The number of aryl methyl sites for hydroxylation is 2. The molecule has 29 heavy (non-hydrogen) atoms. The second-order valence-electron chi connectivity index (χ2n) is 8.34. The van der Waals surface area contributed by atoms with Crippen LogP contribution < -0.4 is 5.32 Å². The van der Waals surface area contributed by atoms with Gasteiger partial charge in [-0.05, 0) is 57.6 Å². The fourth-order valence-electron chi connectivity index (χ4n) is 4.25. The normalized spacial score (nSPS) is 24.6. The molecule has 1 aromatic carbocycles. The number of ether oxygens (including phenoxy) is 1. The van der Waals surface area contributed by atoms with Gasteiger partial charge in [0.15, 0.2) is 0 Å². The van der Waals surface area contributed by atoms with Crippen LogP contribution in [-0.2, 0) is 11.3 Å². The highest BCUT2D eigenvalue weighted by Gasteiger charge is 2.27. The number of carbonyl (C=O) groups excluding carboxylic acids is 1. The SMILES string of the molecule is Cc1ccc(-c2nc(COC3CCCC(CCC4CNC(=O)S4)C3)c(C)o2)cc1. The largest absolute Gasteiger partial charge is 0.441 e. The summed E-state index contributed by atoms with van der Waals surface area (Å²) in [5.41, 5.74) is 3.12. The lowest BCUT2D eigenvalue weighted by molar-refractivity contribution is -0.000781. The monoisotopic (exact) mass is 414 g/mol. The van der Waals surface area contributed by atoms with Crippen LogP contribution in [-0.4, -0.2) is 28.1 Å². The minimum atomic E-state index is 0.132. The van der Waals surface area contributed by atoms with Gasteiger partial charge >= 0.3 is 0 Å². The lowest BCUT2D eigenvalue weighted by Gasteiger charge is -2.29. The van der Waals surface area contributed by atoms with E-state index >= 15 is 0 Å². The zero-order valence-corrected chi connectivity index (χ0v) is 18.1. The standard InChI is InChI=1S/C23H30N2O3S/c1-15-6-9-18(10-7-15)22-25-21(16(2)28-22)14-27-19-5-3-4-17(12-19)8-11-20-13-24-23(26)29-20/h6-7,9-10,17,19-20H,3-5,8,11-14H2,1-2H3,(H,24,26). The third-order valence-corrected chi connectivity index (χ3v) is 7.12. The summed E-state index contributed by atoms with van der Waals surface area (Å²) < 4.78 is 12.1. The molecule has 2 fully saturated rings. The van der Waals surface area contributed by atoms with Crippen molar-refractivity contribution in [2.24, 2.45) is 5.92 Å². The molecular weight excluding hydrogens is 384 g/mol. The number of nitrogens with one attached hydrogen (secondary N) is 1. The molecule has 2 aliphatic rings. The molecule has 1 aliphatic carbocycles. The van der Waals surface area contributed by atoms with Crippen molar-refractivity contribution in [2.75, 3.05) is 6.54 Å². The Balaban J connectivity index is 1.27. The highest BCUT2D eigenvalue weighted by molar-refractivity contribution is 8.14. The average Bonchev–Trinajstić information content (AvgIpc) is 3.31. The maximum absolute atomic E-state index is 11.3. The summed E-state index contributed by atoms with van der Waals surface area (Å²) in [6.07, 6.45) is 7.33. The topological polar surface area (TPSA) is 64.4 Å². The molecule has 4 rings (SSSR count). The molecule has 1 amide bonds. The Morgan fingerprint density at radius 2 is 2.03 bits per heavy atom. The van der Waals surface area contributed by atoms with Crippen LogP contribution in [0, 0.1) is 19.8 Å².